The number of rotatable bonds is 1. The van der Waals surface area contributed by atoms with E-state index in [1.165, 1.54) is 6.92 Å². The second kappa shape index (κ2) is 2.92. The van der Waals surface area contributed by atoms with Crippen molar-refractivity contribution in [2.45, 2.75) is 13.0 Å². The van der Waals surface area contributed by atoms with Gasteiger partial charge in [0.05, 0.1) is 12.3 Å². The minimum Gasteiger partial charge on any atom is -0.389 e. The van der Waals surface area contributed by atoms with E-state index in [1.807, 2.05) is 0 Å². The van der Waals surface area contributed by atoms with Crippen molar-refractivity contribution in [3.05, 3.63) is 29.6 Å². The molecule has 0 amide bonds. The molecule has 1 rings (SSSR count). The Kier molecular flexibility index (Phi) is 2.14. The lowest BCUT2D eigenvalue weighted by Gasteiger charge is -2.03. The van der Waals surface area contributed by atoms with Gasteiger partial charge < -0.3 is 5.11 Å². The standard InChI is InChI=1S/C7H7F2NO/c1-4(11)6-2-5(8)3-10-7(6)9/h2-4,11H,1H3. The Hall–Kier alpha value is -1.03. The van der Waals surface area contributed by atoms with Crippen molar-refractivity contribution in [3.8, 4) is 0 Å². The summed E-state index contributed by atoms with van der Waals surface area (Å²) < 4.78 is 24.9. The zero-order valence-corrected chi connectivity index (χ0v) is 5.88. The molecule has 0 spiro atoms. The van der Waals surface area contributed by atoms with Crippen molar-refractivity contribution in [2.24, 2.45) is 0 Å². The van der Waals surface area contributed by atoms with E-state index in [0.29, 0.717) is 0 Å². The quantitative estimate of drug-likeness (QED) is 0.628. The molecule has 2 nitrogen and oxygen atoms in total. The first-order valence-electron chi connectivity index (χ1n) is 3.10. The fourth-order valence-corrected chi connectivity index (χ4v) is 0.731. The molecule has 1 unspecified atom stereocenters. The molecule has 0 saturated carbocycles. The van der Waals surface area contributed by atoms with Gasteiger partial charge >= 0.3 is 0 Å². The number of aromatic nitrogens is 1. The predicted molar refractivity (Wildman–Crippen MR) is 34.8 cm³/mol. The normalized spacial score (nSPS) is 13.1. The third-order valence-electron chi connectivity index (χ3n) is 1.28. The van der Waals surface area contributed by atoms with E-state index in [2.05, 4.69) is 4.98 Å². The second-order valence-corrected chi connectivity index (χ2v) is 2.21. The molecule has 0 aliphatic carbocycles. The molecule has 1 atom stereocenters. The van der Waals surface area contributed by atoms with Gasteiger partial charge in [0.1, 0.15) is 5.82 Å². The van der Waals surface area contributed by atoms with Gasteiger partial charge in [0.15, 0.2) is 0 Å². The first-order valence-corrected chi connectivity index (χ1v) is 3.10. The van der Waals surface area contributed by atoms with Gasteiger partial charge in [-0.2, -0.15) is 4.39 Å². The van der Waals surface area contributed by atoms with Gasteiger partial charge in [0.2, 0.25) is 5.95 Å². The van der Waals surface area contributed by atoms with Gasteiger partial charge in [0, 0.05) is 5.56 Å². The van der Waals surface area contributed by atoms with Crippen molar-refractivity contribution >= 4 is 0 Å². The molecule has 4 heteroatoms. The van der Waals surface area contributed by atoms with Gasteiger partial charge in [0.25, 0.3) is 0 Å². The summed E-state index contributed by atoms with van der Waals surface area (Å²) in [7, 11) is 0. The van der Waals surface area contributed by atoms with Gasteiger partial charge in [-0.1, -0.05) is 0 Å². The summed E-state index contributed by atoms with van der Waals surface area (Å²) in [5, 5.41) is 8.88. The molecule has 0 radical (unpaired) electrons. The van der Waals surface area contributed by atoms with Gasteiger partial charge in [-0.05, 0) is 13.0 Å². The monoisotopic (exact) mass is 159 g/mol. The Morgan fingerprint density at radius 2 is 2.18 bits per heavy atom. The topological polar surface area (TPSA) is 33.1 Å². The van der Waals surface area contributed by atoms with E-state index in [9.17, 15) is 8.78 Å². The average molecular weight is 159 g/mol. The maximum absolute atomic E-state index is 12.6. The maximum Gasteiger partial charge on any atom is 0.218 e. The fraction of sp³-hybridized carbons (Fsp3) is 0.286. The highest BCUT2D eigenvalue weighted by Gasteiger charge is 2.09. The van der Waals surface area contributed by atoms with Gasteiger partial charge in [-0.25, -0.2) is 9.37 Å². The first kappa shape index (κ1) is 8.07. The predicted octanol–water partition coefficient (Wildman–Crippen LogP) is 1.41. The van der Waals surface area contributed by atoms with Crippen LogP contribution in [0.15, 0.2) is 12.3 Å². The molecule has 0 aliphatic heterocycles. The molecule has 1 aromatic heterocycles. The molecule has 0 bridgehead atoms. The van der Waals surface area contributed by atoms with Crippen LogP contribution in [0.3, 0.4) is 0 Å². The lowest BCUT2D eigenvalue weighted by molar-refractivity contribution is 0.192. The summed E-state index contributed by atoms with van der Waals surface area (Å²) in [5.74, 6) is -1.48. The molecule has 0 aliphatic rings. The van der Waals surface area contributed by atoms with Crippen LogP contribution < -0.4 is 0 Å². The molecule has 1 aromatic rings. The summed E-state index contributed by atoms with van der Waals surface area (Å²) in [6.45, 7) is 1.35. The number of aliphatic hydroxyl groups is 1. The molecule has 0 fully saturated rings. The summed E-state index contributed by atoms with van der Waals surface area (Å²) in [6.07, 6.45) is -0.264. The molecule has 0 saturated heterocycles. The number of halogens is 2. The SMILES string of the molecule is CC(O)c1cc(F)cnc1F. The number of hydrogen-bond donors (Lipinski definition) is 1. The van der Waals surface area contributed by atoms with Crippen LogP contribution in [0.4, 0.5) is 8.78 Å². The Bertz CT molecular complexity index is 263. The third-order valence-corrected chi connectivity index (χ3v) is 1.28. The minimum atomic E-state index is -1.03. The first-order chi connectivity index (χ1) is 5.11. The van der Waals surface area contributed by atoms with Crippen molar-refractivity contribution < 1.29 is 13.9 Å². The molecule has 0 aromatic carbocycles. The van der Waals surface area contributed by atoms with Crippen LogP contribution in [0.25, 0.3) is 0 Å². The van der Waals surface area contributed by atoms with Crippen LogP contribution in [0.1, 0.15) is 18.6 Å². The summed E-state index contributed by atoms with van der Waals surface area (Å²) in [5.41, 5.74) is -0.120. The van der Waals surface area contributed by atoms with Crippen molar-refractivity contribution in [2.75, 3.05) is 0 Å². The molecule has 11 heavy (non-hydrogen) atoms. The number of pyridine rings is 1. The van der Waals surface area contributed by atoms with E-state index in [1.54, 1.807) is 0 Å². The van der Waals surface area contributed by atoms with Gasteiger partial charge in [-0.15, -0.1) is 0 Å². The molecular weight excluding hydrogens is 152 g/mol. The van der Waals surface area contributed by atoms with E-state index in [4.69, 9.17) is 5.11 Å². The fourth-order valence-electron chi connectivity index (χ4n) is 0.731. The lowest BCUT2D eigenvalue weighted by atomic mass is 10.2. The Morgan fingerprint density at radius 3 is 2.64 bits per heavy atom. The summed E-state index contributed by atoms with van der Waals surface area (Å²) in [6, 6.07) is 0.924. The maximum atomic E-state index is 12.6. The Morgan fingerprint density at radius 1 is 1.55 bits per heavy atom. The van der Waals surface area contributed by atoms with Crippen LogP contribution in [0.5, 0.6) is 0 Å². The zero-order chi connectivity index (χ0) is 8.43. The zero-order valence-electron chi connectivity index (χ0n) is 5.88. The highest BCUT2D eigenvalue weighted by Crippen LogP contribution is 2.14. The lowest BCUT2D eigenvalue weighted by Crippen LogP contribution is -1.99. The number of aliphatic hydroxyl groups excluding tert-OH is 1. The highest BCUT2D eigenvalue weighted by atomic mass is 19.1. The second-order valence-electron chi connectivity index (χ2n) is 2.21. The van der Waals surface area contributed by atoms with Crippen LogP contribution in [-0.2, 0) is 0 Å². The summed E-state index contributed by atoms with van der Waals surface area (Å²) >= 11 is 0. The van der Waals surface area contributed by atoms with Crippen LogP contribution in [0, 0.1) is 11.8 Å². The van der Waals surface area contributed by atoms with E-state index < -0.39 is 17.9 Å². The van der Waals surface area contributed by atoms with E-state index in [0.717, 1.165) is 12.3 Å². The van der Waals surface area contributed by atoms with E-state index >= 15 is 0 Å². The number of hydrogen-bond acceptors (Lipinski definition) is 2. The molecule has 1 heterocycles. The third kappa shape index (κ3) is 1.71. The van der Waals surface area contributed by atoms with Crippen LogP contribution in [0.2, 0.25) is 0 Å². The van der Waals surface area contributed by atoms with Crippen molar-refractivity contribution in [3.63, 3.8) is 0 Å². The van der Waals surface area contributed by atoms with Gasteiger partial charge in [-0.3, -0.25) is 0 Å². The molecular formula is C7H7F2NO. The Balaban J connectivity index is 3.13. The smallest absolute Gasteiger partial charge is 0.218 e. The minimum absolute atomic E-state index is 0.120. The van der Waals surface area contributed by atoms with Crippen molar-refractivity contribution in [1.82, 2.24) is 4.98 Å². The van der Waals surface area contributed by atoms with Crippen molar-refractivity contribution in [1.29, 1.82) is 0 Å². The number of nitrogens with zero attached hydrogens (tertiary/aromatic N) is 1. The average Bonchev–Trinajstić information content (AvgIpc) is 1.94. The van der Waals surface area contributed by atoms with Crippen LogP contribution >= 0.6 is 0 Å². The largest absolute Gasteiger partial charge is 0.389 e. The highest BCUT2D eigenvalue weighted by molar-refractivity contribution is 5.14. The molecule has 60 valence electrons. The summed E-state index contributed by atoms with van der Waals surface area (Å²) in [4.78, 5) is 3.10. The van der Waals surface area contributed by atoms with Crippen LogP contribution in [-0.4, -0.2) is 10.1 Å². The molecule has 1 N–H and O–H groups in total. The van der Waals surface area contributed by atoms with E-state index in [-0.39, 0.29) is 5.56 Å². The Labute approximate surface area is 62.5 Å².